The molecule has 4 N–H and O–H groups in total. The van der Waals surface area contributed by atoms with Crippen molar-refractivity contribution in [2.45, 2.75) is 45.6 Å². The molecule has 11 heteroatoms. The average Bonchev–Trinajstić information content (AvgIpc) is 3.46. The van der Waals surface area contributed by atoms with E-state index in [4.69, 9.17) is 18.9 Å². The molecule has 1 amide bonds. The summed E-state index contributed by atoms with van der Waals surface area (Å²) in [6, 6.07) is 21.3. The van der Waals surface area contributed by atoms with E-state index in [1.54, 1.807) is 40.3 Å². The van der Waals surface area contributed by atoms with Crippen LogP contribution in [0.3, 0.4) is 0 Å². The smallest absolute Gasteiger partial charge is 0.241 e. The van der Waals surface area contributed by atoms with Crippen molar-refractivity contribution >= 4 is 34.9 Å². The van der Waals surface area contributed by atoms with Gasteiger partial charge in [0.1, 0.15) is 13.2 Å². The van der Waals surface area contributed by atoms with Crippen LogP contribution in [0.25, 0.3) is 0 Å². The van der Waals surface area contributed by atoms with E-state index in [2.05, 4.69) is 51.4 Å². The molecule has 4 aromatic carbocycles. The van der Waals surface area contributed by atoms with E-state index in [9.17, 15) is 9.59 Å². The number of nitrogens with one attached hydrogen (secondary N) is 4. The molecule has 1 aliphatic heterocycles. The monoisotopic (exact) mass is 681 g/mol. The molecule has 0 saturated heterocycles. The van der Waals surface area contributed by atoms with Gasteiger partial charge in [0.05, 0.1) is 26.3 Å². The lowest BCUT2D eigenvalue weighted by atomic mass is 10.1. The number of methoxy groups -OCH3 is 2. The minimum atomic E-state index is -0.393. The van der Waals surface area contributed by atoms with Crippen LogP contribution in [0.2, 0.25) is 0 Å². The number of hydrogen-bond acceptors (Lipinski definition) is 10. The largest absolute Gasteiger partial charge is 0.493 e. The highest BCUT2D eigenvalue weighted by molar-refractivity contribution is 5.94. The SMILES string of the molecule is CNc1cc(OCc2cc(COc3cc(NCC4Cc5ccccc5N4C)c(C=O)cc3OC)cc(NC(=O)C(C)NC)c2)c(OC)cc1C. The number of fused-ring (bicyclic) bond motifs is 1. The molecule has 0 fully saturated rings. The first-order valence-corrected chi connectivity index (χ1v) is 16.6. The molecule has 2 unspecified atom stereocenters. The molecule has 264 valence electrons. The number of anilines is 4. The topological polar surface area (TPSA) is 122 Å². The summed E-state index contributed by atoms with van der Waals surface area (Å²) in [6.45, 7) is 4.80. The quantitative estimate of drug-likeness (QED) is 0.104. The van der Waals surface area contributed by atoms with Crippen LogP contribution in [0.15, 0.2) is 66.7 Å². The minimum absolute atomic E-state index is 0.160. The van der Waals surface area contributed by atoms with Crippen LogP contribution in [0.1, 0.15) is 39.5 Å². The van der Waals surface area contributed by atoms with Crippen LogP contribution in [-0.2, 0) is 24.4 Å². The number of ether oxygens (including phenoxy) is 4. The predicted molar refractivity (Wildman–Crippen MR) is 199 cm³/mol. The third-order valence-corrected chi connectivity index (χ3v) is 9.08. The zero-order chi connectivity index (χ0) is 35.8. The van der Waals surface area contributed by atoms with Gasteiger partial charge in [0, 0.05) is 61.1 Å². The Balaban J connectivity index is 1.37. The van der Waals surface area contributed by atoms with Crippen LogP contribution < -0.4 is 45.1 Å². The maximum absolute atomic E-state index is 12.8. The number of aryl methyl sites for hydroxylation is 1. The van der Waals surface area contributed by atoms with Crippen molar-refractivity contribution in [1.82, 2.24) is 5.32 Å². The lowest BCUT2D eigenvalue weighted by Gasteiger charge is -2.24. The molecule has 0 aromatic heterocycles. The Hall–Kier alpha value is -5.42. The van der Waals surface area contributed by atoms with Crippen molar-refractivity contribution in [2.24, 2.45) is 0 Å². The van der Waals surface area contributed by atoms with Gasteiger partial charge >= 0.3 is 0 Å². The number of carbonyl (C=O) groups is 2. The second kappa shape index (κ2) is 16.3. The molecule has 0 saturated carbocycles. The number of likely N-dealkylation sites (N-methyl/N-ethyl adjacent to an activating group) is 2. The van der Waals surface area contributed by atoms with Gasteiger partial charge in [-0.1, -0.05) is 18.2 Å². The fourth-order valence-corrected chi connectivity index (χ4v) is 6.06. The second-order valence-corrected chi connectivity index (χ2v) is 12.4. The van der Waals surface area contributed by atoms with Gasteiger partial charge in [-0.15, -0.1) is 0 Å². The van der Waals surface area contributed by atoms with Gasteiger partial charge in [-0.2, -0.15) is 0 Å². The van der Waals surface area contributed by atoms with E-state index < -0.39 is 6.04 Å². The van der Waals surface area contributed by atoms with Crippen molar-refractivity contribution in [3.05, 3.63) is 94.5 Å². The van der Waals surface area contributed by atoms with Crippen molar-refractivity contribution < 1.29 is 28.5 Å². The third-order valence-electron chi connectivity index (χ3n) is 9.08. The minimum Gasteiger partial charge on any atom is -0.493 e. The Morgan fingerprint density at radius 2 is 1.54 bits per heavy atom. The van der Waals surface area contributed by atoms with Crippen molar-refractivity contribution in [2.75, 3.05) is 62.8 Å². The van der Waals surface area contributed by atoms with Crippen molar-refractivity contribution in [3.8, 4) is 23.0 Å². The first kappa shape index (κ1) is 35.9. The molecule has 4 aromatic rings. The van der Waals surface area contributed by atoms with Gasteiger partial charge in [0.15, 0.2) is 29.3 Å². The second-order valence-electron chi connectivity index (χ2n) is 12.4. The summed E-state index contributed by atoms with van der Waals surface area (Å²) in [5.41, 5.74) is 7.85. The average molecular weight is 682 g/mol. The van der Waals surface area contributed by atoms with Gasteiger partial charge in [0.2, 0.25) is 5.91 Å². The van der Waals surface area contributed by atoms with E-state index in [0.717, 1.165) is 35.1 Å². The molecule has 5 rings (SSSR count). The van der Waals surface area contributed by atoms with Crippen LogP contribution in [0.5, 0.6) is 23.0 Å². The predicted octanol–water partition coefficient (Wildman–Crippen LogP) is 6.04. The molecule has 50 heavy (non-hydrogen) atoms. The van der Waals surface area contributed by atoms with Crippen LogP contribution in [0.4, 0.5) is 22.7 Å². The van der Waals surface area contributed by atoms with E-state index in [1.165, 1.54) is 11.3 Å². The van der Waals surface area contributed by atoms with Gasteiger partial charge in [0.25, 0.3) is 0 Å². The van der Waals surface area contributed by atoms with Crippen molar-refractivity contribution in [1.29, 1.82) is 0 Å². The normalized spacial score (nSPS) is 14.0. The Morgan fingerprint density at radius 1 is 0.900 bits per heavy atom. The van der Waals surface area contributed by atoms with Crippen LogP contribution in [0, 0.1) is 6.92 Å². The Morgan fingerprint density at radius 3 is 2.14 bits per heavy atom. The summed E-state index contributed by atoms with van der Waals surface area (Å²) in [5.74, 6) is 1.95. The number of para-hydroxylation sites is 1. The fourth-order valence-electron chi connectivity index (χ4n) is 6.06. The Labute approximate surface area is 294 Å². The molecular weight excluding hydrogens is 634 g/mol. The van der Waals surface area contributed by atoms with Crippen molar-refractivity contribution in [3.63, 3.8) is 0 Å². The highest BCUT2D eigenvalue weighted by atomic mass is 16.5. The van der Waals surface area contributed by atoms with Gasteiger partial charge < -0.3 is 45.1 Å². The molecule has 1 heterocycles. The fraction of sp³-hybridized carbons (Fsp3) is 0.333. The van der Waals surface area contributed by atoms with Crippen LogP contribution >= 0.6 is 0 Å². The number of aldehydes is 1. The summed E-state index contributed by atoms with van der Waals surface area (Å²) in [4.78, 5) is 27.2. The maximum Gasteiger partial charge on any atom is 0.241 e. The zero-order valence-corrected chi connectivity index (χ0v) is 29.8. The standard InChI is InChI=1S/C39H47N5O6/c1-24-12-35(47-6)37(18-32(24)41-4)49-22-26-13-27(15-30(14-26)43-39(46)25(2)40-3)23-50-38-19-33(29(21-45)17-36(38)48-7)42-20-31-16-28-10-8-9-11-34(28)44(31)5/h8-15,17-19,21,25,31,40-42H,16,20,22-23H2,1-7H3,(H,43,46). The number of benzene rings is 4. The first-order valence-electron chi connectivity index (χ1n) is 16.6. The zero-order valence-electron chi connectivity index (χ0n) is 29.8. The summed E-state index contributed by atoms with van der Waals surface area (Å²) >= 11 is 0. The van der Waals surface area contributed by atoms with E-state index in [1.807, 2.05) is 50.4 Å². The van der Waals surface area contributed by atoms with E-state index in [0.29, 0.717) is 46.5 Å². The van der Waals surface area contributed by atoms with E-state index in [-0.39, 0.29) is 25.2 Å². The molecule has 0 radical (unpaired) electrons. The lowest BCUT2D eigenvalue weighted by molar-refractivity contribution is -0.117. The molecule has 0 spiro atoms. The molecule has 1 aliphatic rings. The van der Waals surface area contributed by atoms with Gasteiger partial charge in [-0.3, -0.25) is 9.59 Å². The molecule has 2 atom stereocenters. The van der Waals surface area contributed by atoms with Crippen LogP contribution in [-0.4, -0.2) is 66.2 Å². The molecular formula is C39H47N5O6. The van der Waals surface area contributed by atoms with Gasteiger partial charge in [-0.25, -0.2) is 0 Å². The molecule has 0 bridgehead atoms. The summed E-state index contributed by atoms with van der Waals surface area (Å²) < 4.78 is 23.8. The molecule has 0 aliphatic carbocycles. The van der Waals surface area contributed by atoms with Gasteiger partial charge in [-0.05, 0) is 86.0 Å². The number of carbonyl (C=O) groups excluding carboxylic acids is 2. The summed E-state index contributed by atoms with van der Waals surface area (Å²) in [6.07, 6.45) is 1.73. The highest BCUT2D eigenvalue weighted by Crippen LogP contribution is 2.36. The lowest BCUT2D eigenvalue weighted by Crippen LogP contribution is -2.35. The number of hydrogen-bond donors (Lipinski definition) is 4. The summed E-state index contributed by atoms with van der Waals surface area (Å²) in [5, 5.41) is 12.6. The Kier molecular flexibility index (Phi) is 11.7. The Bertz CT molecular complexity index is 1830. The third kappa shape index (κ3) is 8.23. The number of rotatable bonds is 16. The number of amides is 1. The molecule has 11 nitrogen and oxygen atoms in total. The summed E-state index contributed by atoms with van der Waals surface area (Å²) in [7, 11) is 8.84. The number of nitrogens with zero attached hydrogens (tertiary/aromatic N) is 1. The van der Waals surface area contributed by atoms with E-state index >= 15 is 0 Å². The first-order chi connectivity index (χ1) is 24.2. The maximum atomic E-state index is 12.8. The highest BCUT2D eigenvalue weighted by Gasteiger charge is 2.26.